The van der Waals surface area contributed by atoms with E-state index < -0.39 is 10.5 Å². The highest BCUT2D eigenvalue weighted by Crippen LogP contribution is 2.40. The molecule has 1 aliphatic rings. The Labute approximate surface area is 123 Å². The van der Waals surface area contributed by atoms with Crippen LogP contribution in [0.3, 0.4) is 0 Å². The van der Waals surface area contributed by atoms with Crippen LogP contribution in [0.4, 0.5) is 17.3 Å². The summed E-state index contributed by atoms with van der Waals surface area (Å²) in [5.74, 6) is 0.318. The Morgan fingerprint density at radius 1 is 1.38 bits per heavy atom. The zero-order chi connectivity index (χ0) is 15.7. The highest BCUT2D eigenvalue weighted by Gasteiger charge is 2.36. The molecule has 0 aromatic carbocycles. The van der Waals surface area contributed by atoms with Gasteiger partial charge in [0.05, 0.1) is 10.5 Å². The highest BCUT2D eigenvalue weighted by atomic mass is 16.6. The molecule has 0 amide bonds. The number of rotatable bonds is 4. The van der Waals surface area contributed by atoms with Crippen molar-refractivity contribution in [2.45, 2.75) is 45.1 Å². The molecule has 7 heteroatoms. The minimum Gasteiger partial charge on any atom is -0.388 e. The lowest BCUT2D eigenvalue weighted by molar-refractivity contribution is -0.384. The van der Waals surface area contributed by atoms with Gasteiger partial charge in [0.15, 0.2) is 0 Å². The maximum Gasteiger partial charge on any atom is 0.311 e. The monoisotopic (exact) mass is 294 g/mol. The Bertz CT molecular complexity index is 535. The first-order valence-corrected chi connectivity index (χ1v) is 7.08. The zero-order valence-corrected chi connectivity index (χ0v) is 12.4. The van der Waals surface area contributed by atoms with E-state index in [-0.39, 0.29) is 16.9 Å². The summed E-state index contributed by atoms with van der Waals surface area (Å²) in [6, 6.07) is 2.82. The van der Waals surface area contributed by atoms with E-state index in [1.807, 2.05) is 0 Å². The first kappa shape index (κ1) is 15.5. The molecular formula is C14H22N4O3. The predicted octanol–water partition coefficient (Wildman–Crippen LogP) is 2.32. The number of hydrogen-bond donors (Lipinski definition) is 3. The minimum absolute atomic E-state index is 0.123. The number of hydrogen-bond acceptors (Lipinski definition) is 6. The number of anilines is 2. The van der Waals surface area contributed by atoms with Crippen LogP contribution in [0, 0.1) is 15.5 Å². The van der Waals surface area contributed by atoms with Crippen LogP contribution in [-0.4, -0.2) is 27.2 Å². The molecule has 0 aliphatic heterocycles. The van der Waals surface area contributed by atoms with Crippen molar-refractivity contribution in [2.75, 3.05) is 17.6 Å². The Balaban J connectivity index is 1.97. The van der Waals surface area contributed by atoms with E-state index in [4.69, 9.17) is 5.73 Å². The van der Waals surface area contributed by atoms with Crippen LogP contribution < -0.4 is 11.1 Å². The third-order valence-electron chi connectivity index (χ3n) is 4.23. The largest absolute Gasteiger partial charge is 0.388 e. The third-order valence-corrected chi connectivity index (χ3v) is 4.23. The van der Waals surface area contributed by atoms with Gasteiger partial charge in [-0.1, -0.05) is 13.8 Å². The van der Waals surface area contributed by atoms with Gasteiger partial charge in [0.2, 0.25) is 5.82 Å². The minimum atomic E-state index is -0.756. The van der Waals surface area contributed by atoms with Crippen molar-refractivity contribution in [2.24, 2.45) is 5.41 Å². The van der Waals surface area contributed by atoms with E-state index in [1.165, 1.54) is 12.1 Å². The van der Waals surface area contributed by atoms with Crippen LogP contribution in [0.1, 0.15) is 39.5 Å². The molecule has 0 spiro atoms. The van der Waals surface area contributed by atoms with E-state index in [1.54, 1.807) is 0 Å². The lowest BCUT2D eigenvalue weighted by atomic mass is 9.71. The van der Waals surface area contributed by atoms with Crippen molar-refractivity contribution in [3.05, 3.63) is 22.2 Å². The Morgan fingerprint density at radius 3 is 2.52 bits per heavy atom. The van der Waals surface area contributed by atoms with Gasteiger partial charge in [0.25, 0.3) is 0 Å². The molecular weight excluding hydrogens is 272 g/mol. The lowest BCUT2D eigenvalue weighted by Gasteiger charge is -2.40. The summed E-state index contributed by atoms with van der Waals surface area (Å²) in [4.78, 5) is 14.1. The quantitative estimate of drug-likeness (QED) is 0.580. The molecule has 0 radical (unpaired) electrons. The number of nitro groups is 1. The predicted molar refractivity (Wildman–Crippen MR) is 81.0 cm³/mol. The molecule has 2 rings (SSSR count). The van der Waals surface area contributed by atoms with Crippen molar-refractivity contribution in [3.63, 3.8) is 0 Å². The molecule has 1 heterocycles. The molecule has 7 nitrogen and oxygen atoms in total. The molecule has 0 bridgehead atoms. The number of aliphatic hydroxyl groups is 1. The Hall–Kier alpha value is -1.89. The summed E-state index contributed by atoms with van der Waals surface area (Å²) in [6.45, 7) is 4.78. The molecule has 0 atom stereocenters. The first-order chi connectivity index (χ1) is 9.71. The molecule has 1 aromatic heterocycles. The van der Waals surface area contributed by atoms with Crippen molar-refractivity contribution >= 4 is 17.3 Å². The molecule has 4 N–H and O–H groups in total. The van der Waals surface area contributed by atoms with E-state index in [2.05, 4.69) is 24.1 Å². The topological polar surface area (TPSA) is 114 Å². The summed E-state index contributed by atoms with van der Waals surface area (Å²) in [7, 11) is 0. The third kappa shape index (κ3) is 3.81. The van der Waals surface area contributed by atoms with Crippen molar-refractivity contribution in [1.29, 1.82) is 0 Å². The average molecular weight is 294 g/mol. The summed E-state index contributed by atoms with van der Waals surface area (Å²) in [5, 5.41) is 24.2. The Morgan fingerprint density at radius 2 is 2.00 bits per heavy atom. The molecule has 0 saturated heterocycles. The van der Waals surface area contributed by atoms with Gasteiger partial charge in [-0.3, -0.25) is 10.1 Å². The van der Waals surface area contributed by atoms with Gasteiger partial charge in [0, 0.05) is 12.6 Å². The van der Waals surface area contributed by atoms with Crippen LogP contribution >= 0.6 is 0 Å². The molecule has 1 aromatic rings. The molecule has 0 unspecified atom stereocenters. The number of aromatic nitrogens is 1. The maximum absolute atomic E-state index is 10.7. The molecule has 1 fully saturated rings. The van der Waals surface area contributed by atoms with Crippen LogP contribution in [-0.2, 0) is 0 Å². The highest BCUT2D eigenvalue weighted by molar-refractivity contribution is 5.57. The fourth-order valence-corrected chi connectivity index (χ4v) is 2.54. The fraction of sp³-hybridized carbons (Fsp3) is 0.643. The second-order valence-corrected chi connectivity index (χ2v) is 6.60. The second kappa shape index (κ2) is 5.48. The van der Waals surface area contributed by atoms with Gasteiger partial charge < -0.3 is 16.2 Å². The summed E-state index contributed by atoms with van der Waals surface area (Å²) in [5.41, 5.74) is 4.86. The van der Waals surface area contributed by atoms with E-state index in [9.17, 15) is 15.2 Å². The first-order valence-electron chi connectivity index (χ1n) is 7.08. The smallest absolute Gasteiger partial charge is 0.311 e. The number of pyridine rings is 1. The van der Waals surface area contributed by atoms with Gasteiger partial charge in [-0.25, -0.2) is 4.98 Å². The number of nitrogens with one attached hydrogen (secondary N) is 1. The van der Waals surface area contributed by atoms with E-state index >= 15 is 0 Å². The molecule has 21 heavy (non-hydrogen) atoms. The number of nitrogen functional groups attached to an aromatic ring is 1. The van der Waals surface area contributed by atoms with Crippen molar-refractivity contribution < 1.29 is 10.0 Å². The fourth-order valence-electron chi connectivity index (χ4n) is 2.54. The zero-order valence-electron chi connectivity index (χ0n) is 12.4. The molecule has 116 valence electrons. The average Bonchev–Trinajstić information content (AvgIpc) is 2.40. The van der Waals surface area contributed by atoms with Gasteiger partial charge in [-0.15, -0.1) is 0 Å². The van der Waals surface area contributed by atoms with E-state index in [0.29, 0.717) is 12.4 Å². The molecule has 1 saturated carbocycles. The van der Waals surface area contributed by atoms with Gasteiger partial charge in [-0.05, 0) is 37.2 Å². The SMILES string of the molecule is CC1(C)CCC(O)(CNc2ccc([N+](=O)[O-])c(N)n2)CC1. The standard InChI is InChI=1S/C14H22N4O3/c1-13(2)5-7-14(19,8-6-13)9-16-11-4-3-10(18(20)21)12(15)17-11/h3-4,19H,5-9H2,1-2H3,(H3,15,16,17). The van der Waals surface area contributed by atoms with E-state index in [0.717, 1.165) is 25.7 Å². The van der Waals surface area contributed by atoms with Crippen LogP contribution in [0.25, 0.3) is 0 Å². The second-order valence-electron chi connectivity index (χ2n) is 6.60. The normalized spacial score (nSPS) is 20.0. The van der Waals surface area contributed by atoms with Gasteiger partial charge >= 0.3 is 5.69 Å². The van der Waals surface area contributed by atoms with Crippen LogP contribution in [0.2, 0.25) is 0 Å². The lowest BCUT2D eigenvalue weighted by Crippen LogP contribution is -2.42. The van der Waals surface area contributed by atoms with Crippen LogP contribution in [0.5, 0.6) is 0 Å². The number of nitrogens with zero attached hydrogens (tertiary/aromatic N) is 2. The van der Waals surface area contributed by atoms with Crippen molar-refractivity contribution in [3.8, 4) is 0 Å². The van der Waals surface area contributed by atoms with Crippen molar-refractivity contribution in [1.82, 2.24) is 4.98 Å². The maximum atomic E-state index is 10.7. The molecule has 1 aliphatic carbocycles. The summed E-state index contributed by atoms with van der Waals surface area (Å²) >= 11 is 0. The van der Waals surface area contributed by atoms with Gasteiger partial charge in [-0.2, -0.15) is 0 Å². The van der Waals surface area contributed by atoms with Gasteiger partial charge in [0.1, 0.15) is 5.82 Å². The number of nitrogens with two attached hydrogens (primary N) is 1. The van der Waals surface area contributed by atoms with Crippen LogP contribution in [0.15, 0.2) is 12.1 Å². The summed E-state index contributed by atoms with van der Waals surface area (Å²) in [6.07, 6.45) is 3.41. The summed E-state index contributed by atoms with van der Waals surface area (Å²) < 4.78 is 0. The Kier molecular flexibility index (Phi) is 4.04.